The van der Waals surface area contributed by atoms with Crippen LogP contribution < -0.4 is 15.0 Å². The van der Waals surface area contributed by atoms with Crippen molar-refractivity contribution in [3.63, 3.8) is 0 Å². The summed E-state index contributed by atoms with van der Waals surface area (Å²) < 4.78 is 31.9. The molecule has 9 heteroatoms. The lowest BCUT2D eigenvalue weighted by Gasteiger charge is -2.35. The molecule has 7 nitrogen and oxygen atoms in total. The third-order valence-corrected chi connectivity index (χ3v) is 7.43. The van der Waals surface area contributed by atoms with Gasteiger partial charge in [0.1, 0.15) is 5.75 Å². The minimum atomic E-state index is -3.41. The Morgan fingerprint density at radius 3 is 2.29 bits per heavy atom. The van der Waals surface area contributed by atoms with Crippen molar-refractivity contribution < 1.29 is 17.9 Å². The number of carbonyl (C=O) groups is 1. The monoisotopic (exact) mass is 465 g/mol. The van der Waals surface area contributed by atoms with Crippen molar-refractivity contribution in [1.82, 2.24) is 9.62 Å². The Balaban J connectivity index is 1.38. The first kappa shape index (κ1) is 23.4. The smallest absolute Gasteiger partial charge is 0.220 e. The molecule has 2 aromatic rings. The van der Waals surface area contributed by atoms with E-state index in [0.717, 1.165) is 17.0 Å². The number of rotatable bonds is 9. The highest BCUT2D eigenvalue weighted by Crippen LogP contribution is 2.20. The topological polar surface area (TPSA) is 78.9 Å². The summed E-state index contributed by atoms with van der Waals surface area (Å²) in [7, 11) is -1.80. The van der Waals surface area contributed by atoms with Crippen LogP contribution in [0.25, 0.3) is 0 Å². The van der Waals surface area contributed by atoms with E-state index in [1.165, 1.54) is 4.31 Å². The molecule has 1 aliphatic rings. The summed E-state index contributed by atoms with van der Waals surface area (Å²) in [6.07, 6.45) is 0.904. The van der Waals surface area contributed by atoms with E-state index in [-0.39, 0.29) is 18.2 Å². The van der Waals surface area contributed by atoms with E-state index in [9.17, 15) is 13.2 Å². The second-order valence-corrected chi connectivity index (χ2v) is 9.90. The van der Waals surface area contributed by atoms with Gasteiger partial charge in [-0.2, -0.15) is 4.31 Å². The molecule has 2 aromatic carbocycles. The number of methoxy groups -OCH3 is 1. The van der Waals surface area contributed by atoms with Gasteiger partial charge in [-0.15, -0.1) is 0 Å². The van der Waals surface area contributed by atoms with Gasteiger partial charge in [-0.1, -0.05) is 23.7 Å². The molecule has 1 saturated heterocycles. The summed E-state index contributed by atoms with van der Waals surface area (Å²) in [5, 5.41) is 3.40. The van der Waals surface area contributed by atoms with Crippen molar-refractivity contribution in [2.75, 3.05) is 50.5 Å². The lowest BCUT2D eigenvalue weighted by molar-refractivity contribution is -0.120. The minimum Gasteiger partial charge on any atom is -0.497 e. The maximum absolute atomic E-state index is 12.6. The molecule has 1 aliphatic heterocycles. The van der Waals surface area contributed by atoms with Gasteiger partial charge < -0.3 is 15.0 Å². The largest absolute Gasteiger partial charge is 0.497 e. The van der Waals surface area contributed by atoms with Gasteiger partial charge in [0.25, 0.3) is 0 Å². The highest BCUT2D eigenvalue weighted by Gasteiger charge is 2.26. The van der Waals surface area contributed by atoms with Gasteiger partial charge >= 0.3 is 0 Å². The first-order valence-corrected chi connectivity index (χ1v) is 12.2. The number of anilines is 1. The molecule has 0 bridgehead atoms. The average Bonchev–Trinajstić information content (AvgIpc) is 2.78. The second kappa shape index (κ2) is 10.8. The van der Waals surface area contributed by atoms with Gasteiger partial charge in [0, 0.05) is 49.9 Å². The number of sulfonamides is 1. The predicted molar refractivity (Wildman–Crippen MR) is 123 cm³/mol. The Kier molecular flexibility index (Phi) is 8.17. The molecule has 1 heterocycles. The first-order valence-electron chi connectivity index (χ1n) is 10.3. The number of amides is 1. The average molecular weight is 466 g/mol. The van der Waals surface area contributed by atoms with E-state index in [0.29, 0.717) is 44.0 Å². The van der Waals surface area contributed by atoms with Gasteiger partial charge in [-0.3, -0.25) is 4.79 Å². The Hall–Kier alpha value is -2.29. The zero-order valence-electron chi connectivity index (χ0n) is 17.6. The maximum Gasteiger partial charge on any atom is 0.220 e. The molecule has 0 aromatic heterocycles. The third kappa shape index (κ3) is 6.85. The van der Waals surface area contributed by atoms with Crippen LogP contribution in [0.4, 0.5) is 5.69 Å². The number of benzene rings is 2. The van der Waals surface area contributed by atoms with Gasteiger partial charge in [0.2, 0.25) is 15.9 Å². The second-order valence-electron chi connectivity index (χ2n) is 7.38. The Morgan fingerprint density at radius 2 is 1.68 bits per heavy atom. The molecule has 1 amide bonds. The number of nitrogens with zero attached hydrogens (tertiary/aromatic N) is 2. The van der Waals surface area contributed by atoms with E-state index in [2.05, 4.69) is 10.2 Å². The summed E-state index contributed by atoms with van der Waals surface area (Å²) >= 11 is 5.93. The molecule has 0 atom stereocenters. The van der Waals surface area contributed by atoms with Crippen LogP contribution in [0, 0.1) is 0 Å². The molecule has 31 heavy (non-hydrogen) atoms. The van der Waals surface area contributed by atoms with E-state index < -0.39 is 10.0 Å². The van der Waals surface area contributed by atoms with Crippen LogP contribution >= 0.6 is 11.6 Å². The first-order chi connectivity index (χ1) is 14.9. The number of halogens is 1. The number of hydrogen-bond donors (Lipinski definition) is 1. The number of hydrogen-bond acceptors (Lipinski definition) is 5. The van der Waals surface area contributed by atoms with Crippen LogP contribution in [0.15, 0.2) is 48.5 Å². The zero-order valence-corrected chi connectivity index (χ0v) is 19.2. The minimum absolute atomic E-state index is 0.0950. The number of piperazine rings is 1. The summed E-state index contributed by atoms with van der Waals surface area (Å²) in [5.41, 5.74) is 2.06. The van der Waals surface area contributed by atoms with Crippen molar-refractivity contribution in [2.24, 2.45) is 0 Å². The predicted octanol–water partition coefficient (Wildman–Crippen LogP) is 2.55. The maximum atomic E-state index is 12.6. The molecule has 0 spiro atoms. The fourth-order valence-electron chi connectivity index (χ4n) is 3.46. The molecule has 168 valence electrons. The molecular weight excluding hydrogens is 438 g/mol. The number of carbonyl (C=O) groups excluding carboxylic acids is 1. The Morgan fingerprint density at radius 1 is 1.03 bits per heavy atom. The van der Waals surface area contributed by atoms with E-state index >= 15 is 0 Å². The van der Waals surface area contributed by atoms with Crippen LogP contribution in [-0.2, 0) is 21.2 Å². The van der Waals surface area contributed by atoms with E-state index in [4.69, 9.17) is 16.3 Å². The number of aryl methyl sites for hydroxylation is 1. The molecule has 3 rings (SSSR count). The van der Waals surface area contributed by atoms with Crippen LogP contribution in [0.1, 0.15) is 12.0 Å². The lowest BCUT2D eigenvalue weighted by Crippen LogP contribution is -2.50. The zero-order chi connectivity index (χ0) is 22.3. The van der Waals surface area contributed by atoms with Crippen molar-refractivity contribution in [3.05, 3.63) is 59.1 Å². The lowest BCUT2D eigenvalue weighted by atomic mass is 10.1. The fraction of sp³-hybridized carbons (Fsp3) is 0.409. The van der Waals surface area contributed by atoms with Crippen LogP contribution in [0.2, 0.25) is 5.02 Å². The quantitative estimate of drug-likeness (QED) is 0.615. The highest BCUT2D eigenvalue weighted by atomic mass is 35.5. The summed E-state index contributed by atoms with van der Waals surface area (Å²) in [4.78, 5) is 14.2. The normalized spacial score (nSPS) is 15.0. The van der Waals surface area contributed by atoms with Crippen molar-refractivity contribution in [3.8, 4) is 5.75 Å². The summed E-state index contributed by atoms with van der Waals surface area (Å²) in [6, 6.07) is 15.1. The summed E-state index contributed by atoms with van der Waals surface area (Å²) in [6.45, 7) is 2.21. The molecular formula is C22H28ClN3O4S. The highest BCUT2D eigenvalue weighted by molar-refractivity contribution is 7.89. The molecule has 0 saturated carbocycles. The Labute approximate surface area is 189 Å². The third-order valence-electron chi connectivity index (χ3n) is 5.31. The number of nitrogens with one attached hydrogen (secondary N) is 1. The molecule has 1 fully saturated rings. The number of ether oxygens (including phenoxy) is 1. The SMILES string of the molecule is COc1ccc(CCC(=O)NCCS(=O)(=O)N2CCN(c3ccc(Cl)cc3)CC2)cc1. The van der Waals surface area contributed by atoms with Crippen molar-refractivity contribution >= 4 is 33.2 Å². The molecule has 0 radical (unpaired) electrons. The van der Waals surface area contributed by atoms with Gasteiger partial charge in [0.05, 0.1) is 12.9 Å². The van der Waals surface area contributed by atoms with Gasteiger partial charge in [-0.05, 0) is 48.4 Å². The Bertz CT molecular complexity index is 957. The van der Waals surface area contributed by atoms with Gasteiger partial charge in [0.15, 0.2) is 0 Å². The fourth-order valence-corrected chi connectivity index (χ4v) is 4.93. The van der Waals surface area contributed by atoms with Crippen LogP contribution in [0.3, 0.4) is 0 Å². The van der Waals surface area contributed by atoms with Crippen molar-refractivity contribution in [1.29, 1.82) is 0 Å². The van der Waals surface area contributed by atoms with Crippen LogP contribution in [0.5, 0.6) is 5.75 Å². The molecule has 0 aliphatic carbocycles. The standard InChI is InChI=1S/C22H28ClN3O4S/c1-30-21-9-2-18(3-10-21)4-11-22(27)24-12-17-31(28,29)26-15-13-25(14-16-26)20-7-5-19(23)6-8-20/h2-3,5-10H,4,11-17H2,1H3,(H,24,27). The molecule has 1 N–H and O–H groups in total. The van der Waals surface area contributed by atoms with Crippen LogP contribution in [-0.4, -0.2) is 64.2 Å². The van der Waals surface area contributed by atoms with Crippen molar-refractivity contribution in [2.45, 2.75) is 12.8 Å². The van der Waals surface area contributed by atoms with E-state index in [1.54, 1.807) is 7.11 Å². The molecule has 0 unspecified atom stereocenters. The van der Waals surface area contributed by atoms with E-state index in [1.807, 2.05) is 48.5 Å². The van der Waals surface area contributed by atoms with Gasteiger partial charge in [-0.25, -0.2) is 8.42 Å². The summed E-state index contributed by atoms with van der Waals surface area (Å²) in [5.74, 6) is 0.522.